The normalized spacial score (nSPS) is 15.8. The van der Waals surface area contributed by atoms with Crippen molar-refractivity contribution in [1.29, 1.82) is 0 Å². The maximum absolute atomic E-state index is 13.5. The molecular weight excluding hydrogens is 307 g/mol. The zero-order chi connectivity index (χ0) is 17.6. The number of likely N-dealkylation sites (N-methyl/N-ethyl adjacent to an activating group) is 1. The van der Waals surface area contributed by atoms with E-state index in [0.29, 0.717) is 12.5 Å². The topological polar surface area (TPSA) is 56.7 Å². The van der Waals surface area contributed by atoms with Crippen molar-refractivity contribution in [3.05, 3.63) is 35.6 Å². The molecule has 0 bridgehead atoms. The molecule has 24 heavy (non-hydrogen) atoms. The van der Waals surface area contributed by atoms with Gasteiger partial charge in [0.2, 0.25) is 5.91 Å². The van der Waals surface area contributed by atoms with Crippen LogP contribution >= 0.6 is 0 Å². The quantitative estimate of drug-likeness (QED) is 0.591. The number of nitrogens with zero attached hydrogens (tertiary/aromatic N) is 2. The second-order valence-corrected chi connectivity index (χ2v) is 6.52. The molecule has 0 atom stereocenters. The first-order valence-corrected chi connectivity index (χ1v) is 8.45. The molecule has 1 amide bonds. The molecule has 2 N–H and O–H groups in total. The molecule has 1 aliphatic carbocycles. The van der Waals surface area contributed by atoms with Crippen molar-refractivity contribution in [2.45, 2.75) is 31.6 Å². The van der Waals surface area contributed by atoms with Gasteiger partial charge in [0, 0.05) is 32.6 Å². The fourth-order valence-corrected chi connectivity index (χ4v) is 2.50. The van der Waals surface area contributed by atoms with Crippen LogP contribution in [0.25, 0.3) is 0 Å². The van der Waals surface area contributed by atoms with Crippen LogP contribution in [0.5, 0.6) is 0 Å². The summed E-state index contributed by atoms with van der Waals surface area (Å²) in [6.45, 7) is 3.65. The van der Waals surface area contributed by atoms with Gasteiger partial charge in [-0.15, -0.1) is 0 Å². The van der Waals surface area contributed by atoms with Crippen molar-refractivity contribution in [2.24, 2.45) is 4.99 Å². The Hall–Kier alpha value is -2.11. The molecule has 1 aromatic rings. The largest absolute Gasteiger partial charge is 0.356 e. The van der Waals surface area contributed by atoms with Crippen LogP contribution in [0.15, 0.2) is 29.3 Å². The van der Waals surface area contributed by atoms with Crippen LogP contribution in [0.4, 0.5) is 4.39 Å². The van der Waals surface area contributed by atoms with E-state index in [1.54, 1.807) is 26.2 Å². The van der Waals surface area contributed by atoms with Crippen molar-refractivity contribution in [3.8, 4) is 0 Å². The molecule has 1 fully saturated rings. The van der Waals surface area contributed by atoms with Crippen molar-refractivity contribution in [3.63, 3.8) is 0 Å². The predicted molar refractivity (Wildman–Crippen MR) is 94.6 cm³/mol. The molecule has 2 rings (SSSR count). The average molecular weight is 334 g/mol. The first kappa shape index (κ1) is 18.2. The molecule has 0 spiro atoms. The van der Waals surface area contributed by atoms with E-state index in [0.717, 1.165) is 31.4 Å². The minimum atomic E-state index is -0.201. The van der Waals surface area contributed by atoms with E-state index in [1.807, 2.05) is 6.07 Å². The molecule has 0 radical (unpaired) electrons. The summed E-state index contributed by atoms with van der Waals surface area (Å²) in [5.74, 6) is 0.391. The number of carbonyl (C=O) groups excluding carboxylic acids is 1. The van der Waals surface area contributed by atoms with Gasteiger partial charge in [0.1, 0.15) is 12.4 Å². The van der Waals surface area contributed by atoms with Crippen LogP contribution in [0.3, 0.4) is 0 Å². The number of rotatable bonds is 7. The Balaban J connectivity index is 1.99. The third kappa shape index (κ3) is 4.94. The zero-order valence-corrected chi connectivity index (χ0v) is 14.7. The summed E-state index contributed by atoms with van der Waals surface area (Å²) in [4.78, 5) is 17.6. The van der Waals surface area contributed by atoms with Gasteiger partial charge in [-0.2, -0.15) is 0 Å². The monoisotopic (exact) mass is 334 g/mol. The van der Waals surface area contributed by atoms with E-state index in [2.05, 4.69) is 22.5 Å². The Morgan fingerprint density at radius 1 is 1.33 bits per heavy atom. The Kier molecular flexibility index (Phi) is 6.17. The summed E-state index contributed by atoms with van der Waals surface area (Å²) in [6, 6.07) is 6.81. The molecule has 132 valence electrons. The standard InChI is InChI=1S/C18H27FN4O/c1-4-10-20-17(21-12-16(24)23(2)3)22-13-18(8-9-18)14-6-5-7-15(19)11-14/h5-7,11H,4,8-10,12-13H2,1-3H3,(H2,20,21,22). The van der Waals surface area contributed by atoms with Gasteiger partial charge < -0.3 is 15.5 Å². The fourth-order valence-electron chi connectivity index (χ4n) is 2.50. The first-order valence-electron chi connectivity index (χ1n) is 8.45. The van der Waals surface area contributed by atoms with Gasteiger partial charge in [-0.25, -0.2) is 9.38 Å². The number of nitrogens with one attached hydrogen (secondary N) is 2. The summed E-state index contributed by atoms with van der Waals surface area (Å²) in [5, 5.41) is 6.54. The van der Waals surface area contributed by atoms with Crippen molar-refractivity contribution in [1.82, 2.24) is 15.5 Å². The lowest BCUT2D eigenvalue weighted by Crippen LogP contribution is -2.42. The molecule has 0 unspecified atom stereocenters. The van der Waals surface area contributed by atoms with Crippen LogP contribution < -0.4 is 10.6 Å². The highest BCUT2D eigenvalue weighted by Gasteiger charge is 2.44. The van der Waals surface area contributed by atoms with Gasteiger partial charge in [-0.05, 0) is 37.0 Å². The minimum absolute atomic E-state index is 0.0255. The lowest BCUT2D eigenvalue weighted by molar-refractivity contribution is -0.127. The van der Waals surface area contributed by atoms with Crippen molar-refractivity contribution < 1.29 is 9.18 Å². The number of halogens is 1. The fraction of sp³-hybridized carbons (Fsp3) is 0.556. The Labute approximate surface area is 143 Å². The van der Waals surface area contributed by atoms with Crippen LogP contribution in [-0.4, -0.2) is 50.5 Å². The van der Waals surface area contributed by atoms with Gasteiger partial charge in [-0.1, -0.05) is 19.1 Å². The number of aliphatic imine (C=N–C) groups is 1. The van der Waals surface area contributed by atoms with E-state index in [4.69, 9.17) is 0 Å². The summed E-state index contributed by atoms with van der Waals surface area (Å²) >= 11 is 0. The highest BCUT2D eigenvalue weighted by atomic mass is 19.1. The molecule has 5 nitrogen and oxygen atoms in total. The minimum Gasteiger partial charge on any atom is -0.356 e. The van der Waals surface area contributed by atoms with Crippen LogP contribution in [-0.2, 0) is 10.2 Å². The molecule has 1 aliphatic rings. The molecule has 0 aromatic heterocycles. The van der Waals surface area contributed by atoms with Crippen LogP contribution in [0.1, 0.15) is 31.7 Å². The molecule has 0 heterocycles. The highest BCUT2D eigenvalue weighted by Crippen LogP contribution is 2.47. The van der Waals surface area contributed by atoms with Crippen LogP contribution in [0, 0.1) is 5.82 Å². The lowest BCUT2D eigenvalue weighted by Gasteiger charge is -2.19. The summed E-state index contributed by atoms with van der Waals surface area (Å²) in [6.07, 6.45) is 3.03. The number of hydrogen-bond donors (Lipinski definition) is 2. The van der Waals surface area contributed by atoms with E-state index in [1.165, 1.54) is 11.0 Å². The zero-order valence-electron chi connectivity index (χ0n) is 14.7. The van der Waals surface area contributed by atoms with Gasteiger partial charge in [0.05, 0.1) is 0 Å². The Bertz CT molecular complexity index is 596. The van der Waals surface area contributed by atoms with E-state index in [-0.39, 0.29) is 23.7 Å². The second kappa shape index (κ2) is 8.13. The molecule has 1 aromatic carbocycles. The predicted octanol–water partition coefficient (Wildman–Crippen LogP) is 1.89. The maximum atomic E-state index is 13.5. The number of hydrogen-bond acceptors (Lipinski definition) is 2. The SMILES string of the molecule is CCCNC(=NCC(=O)N(C)C)NCC1(c2cccc(F)c2)CC1. The number of amides is 1. The van der Waals surface area contributed by atoms with Crippen LogP contribution in [0.2, 0.25) is 0 Å². The van der Waals surface area contributed by atoms with E-state index in [9.17, 15) is 9.18 Å². The number of guanidine groups is 1. The number of carbonyl (C=O) groups is 1. The molecular formula is C18H27FN4O. The van der Waals surface area contributed by atoms with Crippen molar-refractivity contribution >= 4 is 11.9 Å². The van der Waals surface area contributed by atoms with E-state index < -0.39 is 0 Å². The molecule has 6 heteroatoms. The lowest BCUT2D eigenvalue weighted by atomic mass is 9.96. The Morgan fingerprint density at radius 3 is 2.67 bits per heavy atom. The van der Waals surface area contributed by atoms with Crippen molar-refractivity contribution in [2.75, 3.05) is 33.7 Å². The average Bonchev–Trinajstić information content (AvgIpc) is 3.35. The smallest absolute Gasteiger partial charge is 0.243 e. The van der Waals surface area contributed by atoms with Gasteiger partial charge in [-0.3, -0.25) is 4.79 Å². The Morgan fingerprint density at radius 2 is 2.08 bits per heavy atom. The molecule has 0 aliphatic heterocycles. The third-order valence-electron chi connectivity index (χ3n) is 4.30. The van der Waals surface area contributed by atoms with Gasteiger partial charge in [0.15, 0.2) is 5.96 Å². The molecule has 1 saturated carbocycles. The van der Waals surface area contributed by atoms with E-state index >= 15 is 0 Å². The summed E-state index contributed by atoms with van der Waals surface area (Å²) in [7, 11) is 3.43. The first-order chi connectivity index (χ1) is 11.5. The van der Waals surface area contributed by atoms with Gasteiger partial charge >= 0.3 is 0 Å². The highest BCUT2D eigenvalue weighted by molar-refractivity contribution is 5.84. The summed E-state index contributed by atoms with van der Waals surface area (Å²) < 4.78 is 13.5. The maximum Gasteiger partial charge on any atom is 0.243 e. The molecule has 0 saturated heterocycles. The summed E-state index contributed by atoms with van der Waals surface area (Å²) in [5.41, 5.74) is 0.997. The second-order valence-electron chi connectivity index (χ2n) is 6.52. The number of benzene rings is 1. The third-order valence-corrected chi connectivity index (χ3v) is 4.30. The van der Waals surface area contributed by atoms with Gasteiger partial charge in [0.25, 0.3) is 0 Å².